The number of piperidine rings is 1. The molecule has 0 radical (unpaired) electrons. The van der Waals surface area contributed by atoms with E-state index in [1.807, 2.05) is 6.92 Å². The van der Waals surface area contributed by atoms with Crippen molar-refractivity contribution in [2.75, 3.05) is 0 Å². The zero-order valence-electron chi connectivity index (χ0n) is 12.1. The Morgan fingerprint density at radius 2 is 1.75 bits per heavy atom. The smallest absolute Gasteiger partial charge is 0.226 e. The molecule has 2 unspecified atom stereocenters. The quantitative estimate of drug-likeness (QED) is 0.757. The maximum atomic E-state index is 12.2. The molecule has 2 aliphatic rings. The topological polar surface area (TPSA) is 83.5 Å². The van der Waals surface area contributed by atoms with Crippen LogP contribution in [0.5, 0.6) is 0 Å². The van der Waals surface area contributed by atoms with E-state index in [0.717, 1.165) is 6.42 Å². The van der Waals surface area contributed by atoms with Crippen molar-refractivity contribution in [3.8, 4) is 0 Å². The van der Waals surface area contributed by atoms with Gasteiger partial charge in [0.1, 0.15) is 5.78 Å². The van der Waals surface area contributed by atoms with Crippen LogP contribution in [0.1, 0.15) is 46.0 Å². The number of hydrogen-bond donors (Lipinski definition) is 2. The molecule has 2 fully saturated rings. The van der Waals surface area contributed by atoms with Gasteiger partial charge in [-0.1, -0.05) is 13.8 Å². The number of aliphatic hydroxyl groups excluding tert-OH is 1. The largest absolute Gasteiger partial charge is 0.392 e. The van der Waals surface area contributed by atoms with Gasteiger partial charge in [0.2, 0.25) is 11.8 Å². The predicted octanol–water partition coefficient (Wildman–Crippen LogP) is 1.04. The summed E-state index contributed by atoms with van der Waals surface area (Å²) in [6.07, 6.45) is 1.72. The van der Waals surface area contributed by atoms with Gasteiger partial charge in [-0.05, 0) is 31.1 Å². The Balaban J connectivity index is 1.96. The summed E-state index contributed by atoms with van der Waals surface area (Å²) in [4.78, 5) is 34.8. The first-order chi connectivity index (χ1) is 9.36. The van der Waals surface area contributed by atoms with E-state index in [9.17, 15) is 19.5 Å². The van der Waals surface area contributed by atoms with Gasteiger partial charge in [-0.15, -0.1) is 0 Å². The number of rotatable bonds is 3. The zero-order chi connectivity index (χ0) is 14.9. The maximum Gasteiger partial charge on any atom is 0.226 e. The van der Waals surface area contributed by atoms with Gasteiger partial charge in [0.25, 0.3) is 0 Å². The molecule has 5 heteroatoms. The van der Waals surface area contributed by atoms with Crippen molar-refractivity contribution in [1.82, 2.24) is 5.32 Å². The van der Waals surface area contributed by atoms with Crippen LogP contribution in [0.4, 0.5) is 0 Å². The number of amides is 2. The maximum absolute atomic E-state index is 12.2. The van der Waals surface area contributed by atoms with Crippen molar-refractivity contribution >= 4 is 17.6 Å². The Bertz CT molecular complexity index is 404. The van der Waals surface area contributed by atoms with Crippen LogP contribution in [0.3, 0.4) is 0 Å². The Hall–Kier alpha value is -1.23. The molecular weight excluding hydrogens is 258 g/mol. The monoisotopic (exact) mass is 281 g/mol. The normalized spacial score (nSPS) is 34.0. The molecule has 20 heavy (non-hydrogen) atoms. The summed E-state index contributed by atoms with van der Waals surface area (Å²) < 4.78 is 0. The molecule has 1 saturated heterocycles. The fourth-order valence-corrected chi connectivity index (χ4v) is 3.60. The highest BCUT2D eigenvalue weighted by Gasteiger charge is 2.38. The molecule has 4 atom stereocenters. The summed E-state index contributed by atoms with van der Waals surface area (Å²) in [7, 11) is 0. The molecule has 1 heterocycles. The molecule has 112 valence electrons. The van der Waals surface area contributed by atoms with Gasteiger partial charge in [0.05, 0.1) is 6.10 Å². The number of aliphatic hydroxyl groups is 1. The minimum absolute atomic E-state index is 0.00492. The molecule has 0 aromatic heterocycles. The molecule has 0 bridgehead atoms. The summed E-state index contributed by atoms with van der Waals surface area (Å²) in [6, 6.07) is 0. The molecule has 5 nitrogen and oxygen atoms in total. The second-order valence-electron chi connectivity index (χ2n) is 6.54. The third-order valence-corrected chi connectivity index (χ3v) is 4.53. The Kier molecular flexibility index (Phi) is 4.58. The molecule has 1 aliphatic heterocycles. The van der Waals surface area contributed by atoms with E-state index < -0.39 is 6.10 Å². The third-order valence-electron chi connectivity index (χ3n) is 4.53. The van der Waals surface area contributed by atoms with Crippen LogP contribution in [0.15, 0.2) is 0 Å². The summed E-state index contributed by atoms with van der Waals surface area (Å²) in [6.45, 7) is 4.01. The lowest BCUT2D eigenvalue weighted by molar-refractivity contribution is -0.136. The fraction of sp³-hybridized carbons (Fsp3) is 0.800. The van der Waals surface area contributed by atoms with Crippen LogP contribution in [0.25, 0.3) is 0 Å². The van der Waals surface area contributed by atoms with Crippen LogP contribution in [0.2, 0.25) is 0 Å². The van der Waals surface area contributed by atoms with Crippen molar-refractivity contribution in [2.45, 2.75) is 52.1 Å². The van der Waals surface area contributed by atoms with Crippen LogP contribution in [0, 0.1) is 23.7 Å². The first-order valence-electron chi connectivity index (χ1n) is 7.41. The number of hydrogen-bond acceptors (Lipinski definition) is 4. The van der Waals surface area contributed by atoms with Crippen molar-refractivity contribution in [3.05, 3.63) is 0 Å². The van der Waals surface area contributed by atoms with Gasteiger partial charge in [0, 0.05) is 24.7 Å². The molecule has 0 aromatic rings. The van der Waals surface area contributed by atoms with E-state index >= 15 is 0 Å². The van der Waals surface area contributed by atoms with E-state index in [1.165, 1.54) is 0 Å². The minimum atomic E-state index is -0.739. The standard InChI is InChI=1S/C15H23NO4/c1-8-3-9(2)15(20)11(4-8)12(17)5-10-6-13(18)16-14(19)7-10/h8-12,17H,3-7H2,1-2H3,(H,16,18,19)/t8-,9-,11?,12?/m1/s1. The zero-order valence-corrected chi connectivity index (χ0v) is 12.1. The summed E-state index contributed by atoms with van der Waals surface area (Å²) in [5.74, 6) is -0.499. The van der Waals surface area contributed by atoms with Crippen LogP contribution < -0.4 is 5.32 Å². The SMILES string of the molecule is C[C@H]1CC(C(O)CC2CC(=O)NC(=O)C2)C(=O)[C@H](C)C1. The average Bonchev–Trinajstić information content (AvgIpc) is 2.32. The van der Waals surface area contributed by atoms with Gasteiger partial charge >= 0.3 is 0 Å². The number of imide groups is 1. The van der Waals surface area contributed by atoms with E-state index in [0.29, 0.717) is 18.8 Å². The van der Waals surface area contributed by atoms with Gasteiger partial charge < -0.3 is 5.11 Å². The Labute approximate surface area is 119 Å². The van der Waals surface area contributed by atoms with Gasteiger partial charge in [0.15, 0.2) is 0 Å². The lowest BCUT2D eigenvalue weighted by atomic mass is 9.71. The second kappa shape index (κ2) is 6.04. The number of ketones is 1. The second-order valence-corrected chi connectivity index (χ2v) is 6.54. The van der Waals surface area contributed by atoms with Crippen LogP contribution in [-0.4, -0.2) is 28.8 Å². The molecule has 2 amide bonds. The molecule has 2 rings (SSSR count). The first-order valence-corrected chi connectivity index (χ1v) is 7.41. The predicted molar refractivity (Wildman–Crippen MR) is 72.6 cm³/mol. The van der Waals surface area contributed by atoms with Gasteiger partial charge in [-0.2, -0.15) is 0 Å². The number of nitrogens with one attached hydrogen (secondary N) is 1. The molecule has 1 aliphatic carbocycles. The van der Waals surface area contributed by atoms with Crippen molar-refractivity contribution < 1.29 is 19.5 Å². The summed E-state index contributed by atoms with van der Waals surface area (Å²) in [5, 5.41) is 12.6. The molecule has 0 aromatic carbocycles. The molecular formula is C15H23NO4. The highest BCUT2D eigenvalue weighted by molar-refractivity contribution is 5.97. The van der Waals surface area contributed by atoms with Crippen molar-refractivity contribution in [2.24, 2.45) is 23.7 Å². The van der Waals surface area contributed by atoms with Crippen LogP contribution in [-0.2, 0) is 14.4 Å². The number of Topliss-reactive ketones (excluding diaryl/α,β-unsaturated/α-hetero) is 1. The number of carbonyl (C=O) groups is 3. The highest BCUT2D eigenvalue weighted by atomic mass is 16.3. The molecule has 2 N–H and O–H groups in total. The molecule has 1 saturated carbocycles. The average molecular weight is 281 g/mol. The van der Waals surface area contributed by atoms with Gasteiger partial charge in [-0.25, -0.2) is 0 Å². The summed E-state index contributed by atoms with van der Waals surface area (Å²) >= 11 is 0. The van der Waals surface area contributed by atoms with Crippen molar-refractivity contribution in [3.63, 3.8) is 0 Å². The minimum Gasteiger partial charge on any atom is -0.392 e. The van der Waals surface area contributed by atoms with E-state index in [4.69, 9.17) is 0 Å². The first kappa shape index (κ1) is 15.2. The number of carbonyl (C=O) groups excluding carboxylic acids is 3. The lowest BCUT2D eigenvalue weighted by Crippen LogP contribution is -2.42. The van der Waals surface area contributed by atoms with E-state index in [1.54, 1.807) is 0 Å². The Morgan fingerprint density at radius 3 is 2.35 bits per heavy atom. The van der Waals surface area contributed by atoms with E-state index in [2.05, 4.69) is 12.2 Å². The van der Waals surface area contributed by atoms with Crippen LogP contribution >= 0.6 is 0 Å². The Morgan fingerprint density at radius 1 is 1.15 bits per heavy atom. The lowest BCUT2D eigenvalue weighted by Gasteiger charge is -2.34. The third kappa shape index (κ3) is 3.45. The summed E-state index contributed by atoms with van der Waals surface area (Å²) in [5.41, 5.74) is 0. The van der Waals surface area contributed by atoms with Crippen molar-refractivity contribution in [1.29, 1.82) is 0 Å². The highest BCUT2D eigenvalue weighted by Crippen LogP contribution is 2.34. The van der Waals surface area contributed by atoms with E-state index in [-0.39, 0.29) is 48.2 Å². The molecule has 0 spiro atoms. The van der Waals surface area contributed by atoms with Gasteiger partial charge in [-0.3, -0.25) is 19.7 Å². The fourth-order valence-electron chi connectivity index (χ4n) is 3.60.